The summed E-state index contributed by atoms with van der Waals surface area (Å²) in [6.45, 7) is 8.04. The Hall–Kier alpha value is -3.59. The summed E-state index contributed by atoms with van der Waals surface area (Å²) >= 11 is 0.992. The Morgan fingerprint density at radius 3 is 2.50 bits per heavy atom. The van der Waals surface area contributed by atoms with Gasteiger partial charge in [-0.15, -0.1) is 4.91 Å². The van der Waals surface area contributed by atoms with Crippen molar-refractivity contribution in [3.63, 3.8) is 0 Å². The normalized spacial score (nSPS) is 11.1. The Labute approximate surface area is 202 Å². The highest BCUT2D eigenvalue weighted by Crippen LogP contribution is 2.32. The van der Waals surface area contributed by atoms with Crippen LogP contribution >= 0.6 is 11.3 Å². The molecule has 0 atom stereocenters. The summed E-state index contributed by atoms with van der Waals surface area (Å²) < 4.78 is 5.63. The third-order valence-corrected chi connectivity index (χ3v) is 5.59. The van der Waals surface area contributed by atoms with E-state index < -0.39 is 11.7 Å². The average molecular weight is 481 g/mol. The molecule has 9 heteroatoms. The number of ether oxygens (including phenoxy) is 1. The van der Waals surface area contributed by atoms with E-state index in [1.165, 1.54) is 6.20 Å². The van der Waals surface area contributed by atoms with Crippen LogP contribution in [0.4, 0.5) is 20.6 Å². The number of aromatic nitrogens is 1. The lowest BCUT2D eigenvalue weighted by molar-refractivity contribution is 0.0580. The van der Waals surface area contributed by atoms with Gasteiger partial charge in [0.05, 0.1) is 6.20 Å². The van der Waals surface area contributed by atoms with Gasteiger partial charge in [-0.1, -0.05) is 55.0 Å². The maximum atomic E-state index is 13.1. The van der Waals surface area contributed by atoms with Crippen LogP contribution in [0.1, 0.15) is 50.9 Å². The van der Waals surface area contributed by atoms with E-state index in [1.807, 2.05) is 57.2 Å². The number of thiazole rings is 1. The molecule has 0 fully saturated rings. The van der Waals surface area contributed by atoms with E-state index in [9.17, 15) is 14.5 Å². The summed E-state index contributed by atoms with van der Waals surface area (Å²) in [6, 6.07) is 14.7. The Bertz CT molecular complexity index is 1160. The highest BCUT2D eigenvalue weighted by molar-refractivity contribution is 7.19. The highest BCUT2D eigenvalue weighted by Gasteiger charge is 2.25. The van der Waals surface area contributed by atoms with Gasteiger partial charge in [-0.3, -0.25) is 15.0 Å². The van der Waals surface area contributed by atoms with Crippen LogP contribution in [0.5, 0.6) is 0 Å². The van der Waals surface area contributed by atoms with Gasteiger partial charge in [-0.2, -0.15) is 0 Å². The van der Waals surface area contributed by atoms with Crippen molar-refractivity contribution in [2.24, 2.45) is 5.18 Å². The Morgan fingerprint density at radius 1 is 1.15 bits per heavy atom. The number of carbonyl (C=O) groups excluding carboxylic acids is 2. The number of nitroso groups, excluding NO2 is 1. The first-order chi connectivity index (χ1) is 16.2. The van der Waals surface area contributed by atoms with Crippen LogP contribution in [0.25, 0.3) is 11.1 Å². The first-order valence-electron chi connectivity index (χ1n) is 11.0. The lowest BCUT2D eigenvalue weighted by Gasteiger charge is -2.28. The van der Waals surface area contributed by atoms with Crippen LogP contribution < -0.4 is 10.2 Å². The molecule has 0 spiro atoms. The molecule has 1 N–H and O–H groups in total. The number of carbonyl (C=O) groups is 2. The maximum Gasteiger partial charge on any atom is 0.414 e. The van der Waals surface area contributed by atoms with Crippen LogP contribution in [-0.4, -0.2) is 29.1 Å². The molecule has 0 bridgehead atoms. The Balaban J connectivity index is 2.01. The molecular weight excluding hydrogens is 452 g/mol. The minimum absolute atomic E-state index is 0.179. The molecule has 3 rings (SSSR count). The average Bonchev–Trinajstić information content (AvgIpc) is 3.26. The van der Waals surface area contributed by atoms with Crippen LogP contribution in [-0.2, 0) is 4.74 Å². The Morgan fingerprint density at radius 2 is 1.88 bits per heavy atom. The number of anilines is 2. The topological polar surface area (TPSA) is 101 Å². The molecule has 2 amide bonds. The molecule has 1 heterocycles. The third-order valence-electron chi connectivity index (χ3n) is 4.80. The zero-order valence-corrected chi connectivity index (χ0v) is 20.5. The molecule has 2 aromatic carbocycles. The standard InChI is InChI=1S/C25H28N4O4S/c1-5-6-14-29(24(31)33-25(2,3)4)18-12-13-19(20(15-18)17-10-8-7-9-11-17)22(30)27-23-26-16-21(28-32)34-23/h7-13,15-16H,5-6,14H2,1-4H3,(H,26,27,30). The van der Waals surface area contributed by atoms with Crippen molar-refractivity contribution in [1.82, 2.24) is 4.98 Å². The van der Waals surface area contributed by atoms with Crippen LogP contribution in [0.2, 0.25) is 0 Å². The van der Waals surface area contributed by atoms with Crippen molar-refractivity contribution >= 4 is 39.2 Å². The van der Waals surface area contributed by atoms with Gasteiger partial charge in [0.15, 0.2) is 10.1 Å². The molecule has 8 nitrogen and oxygen atoms in total. The van der Waals surface area contributed by atoms with E-state index in [2.05, 4.69) is 22.4 Å². The summed E-state index contributed by atoms with van der Waals surface area (Å²) in [4.78, 5) is 42.4. The molecule has 0 unspecified atom stereocenters. The molecule has 1 aromatic heterocycles. The number of nitrogens with zero attached hydrogens (tertiary/aromatic N) is 3. The SMILES string of the molecule is CCCCN(C(=O)OC(C)(C)C)c1ccc(C(=O)Nc2ncc(N=O)s2)c(-c2ccccc2)c1. The Kier molecular flexibility index (Phi) is 8.12. The number of amides is 2. The predicted octanol–water partition coefficient (Wildman–Crippen LogP) is 7.00. The van der Waals surface area contributed by atoms with Gasteiger partial charge in [-0.05, 0) is 61.7 Å². The molecule has 178 valence electrons. The van der Waals surface area contributed by atoms with Gasteiger partial charge in [-0.25, -0.2) is 9.78 Å². The van der Waals surface area contributed by atoms with Crippen LogP contribution in [0.3, 0.4) is 0 Å². The lowest BCUT2D eigenvalue weighted by Crippen LogP contribution is -2.37. The zero-order valence-electron chi connectivity index (χ0n) is 19.7. The van der Waals surface area contributed by atoms with Gasteiger partial charge in [0.1, 0.15) is 5.60 Å². The molecule has 34 heavy (non-hydrogen) atoms. The van der Waals surface area contributed by atoms with Crippen molar-refractivity contribution in [2.75, 3.05) is 16.8 Å². The van der Waals surface area contributed by atoms with E-state index >= 15 is 0 Å². The maximum absolute atomic E-state index is 13.1. The molecule has 0 aliphatic heterocycles. The fourth-order valence-corrected chi connectivity index (χ4v) is 3.83. The summed E-state index contributed by atoms with van der Waals surface area (Å²) in [5, 5.41) is 6.02. The van der Waals surface area contributed by atoms with Crippen molar-refractivity contribution in [3.05, 3.63) is 65.2 Å². The fourth-order valence-electron chi connectivity index (χ4n) is 3.24. The molecule has 0 radical (unpaired) electrons. The molecule has 0 aliphatic rings. The number of benzene rings is 2. The van der Waals surface area contributed by atoms with Crippen LogP contribution in [0, 0.1) is 4.91 Å². The smallest absolute Gasteiger partial charge is 0.414 e. The third kappa shape index (κ3) is 6.48. The molecular formula is C25H28N4O4S. The van der Waals surface area contributed by atoms with Crippen molar-refractivity contribution < 1.29 is 14.3 Å². The molecule has 3 aromatic rings. The van der Waals surface area contributed by atoms with E-state index in [0.29, 0.717) is 23.4 Å². The number of hydrogen-bond donors (Lipinski definition) is 1. The second-order valence-corrected chi connectivity index (χ2v) is 9.64. The molecule has 0 aliphatic carbocycles. The van der Waals surface area contributed by atoms with Crippen molar-refractivity contribution in [1.29, 1.82) is 0 Å². The van der Waals surface area contributed by atoms with E-state index in [0.717, 1.165) is 29.7 Å². The van der Waals surface area contributed by atoms with Gasteiger partial charge in [0.25, 0.3) is 5.91 Å². The van der Waals surface area contributed by atoms with Gasteiger partial charge in [0, 0.05) is 17.8 Å². The van der Waals surface area contributed by atoms with E-state index in [-0.39, 0.29) is 16.0 Å². The minimum atomic E-state index is -0.632. The van der Waals surface area contributed by atoms with E-state index in [1.54, 1.807) is 17.0 Å². The lowest BCUT2D eigenvalue weighted by atomic mass is 9.98. The summed E-state index contributed by atoms with van der Waals surface area (Å²) in [5.74, 6) is -0.380. The van der Waals surface area contributed by atoms with Gasteiger partial charge >= 0.3 is 6.09 Å². The summed E-state index contributed by atoms with van der Waals surface area (Å²) in [5.41, 5.74) is 1.90. The molecule has 0 saturated heterocycles. The van der Waals surface area contributed by atoms with Crippen molar-refractivity contribution in [2.45, 2.75) is 46.1 Å². The fraction of sp³-hybridized carbons (Fsp3) is 0.320. The van der Waals surface area contributed by atoms with Crippen LogP contribution in [0.15, 0.2) is 59.9 Å². The summed E-state index contributed by atoms with van der Waals surface area (Å²) in [6.07, 6.45) is 2.59. The number of hydrogen-bond acceptors (Lipinski definition) is 7. The first kappa shape index (κ1) is 25.0. The second-order valence-electron chi connectivity index (χ2n) is 8.63. The molecule has 0 saturated carbocycles. The largest absolute Gasteiger partial charge is 0.443 e. The monoisotopic (exact) mass is 480 g/mol. The van der Waals surface area contributed by atoms with Gasteiger partial charge < -0.3 is 4.74 Å². The number of rotatable bonds is 8. The first-order valence-corrected chi connectivity index (χ1v) is 11.8. The number of nitrogens with one attached hydrogen (secondary N) is 1. The zero-order chi connectivity index (χ0) is 24.7. The second kappa shape index (κ2) is 11.0. The van der Waals surface area contributed by atoms with Crippen molar-refractivity contribution in [3.8, 4) is 11.1 Å². The minimum Gasteiger partial charge on any atom is -0.443 e. The van der Waals surface area contributed by atoms with Gasteiger partial charge in [0.2, 0.25) is 0 Å². The van der Waals surface area contributed by atoms with E-state index in [4.69, 9.17) is 4.74 Å². The number of unbranched alkanes of at least 4 members (excludes halogenated alkanes) is 1. The quantitative estimate of drug-likeness (QED) is 0.350. The highest BCUT2D eigenvalue weighted by atomic mass is 32.1. The predicted molar refractivity (Wildman–Crippen MR) is 136 cm³/mol. The summed E-state index contributed by atoms with van der Waals surface area (Å²) in [7, 11) is 0.